The van der Waals surface area contributed by atoms with Crippen LogP contribution in [0.4, 0.5) is 0 Å². The molecule has 0 unspecified atom stereocenters. The minimum absolute atomic E-state index is 0.0717. The summed E-state index contributed by atoms with van der Waals surface area (Å²) in [6.45, 7) is 5.34. The van der Waals surface area contributed by atoms with Crippen molar-refractivity contribution in [3.05, 3.63) is 59.8 Å². The highest BCUT2D eigenvalue weighted by Crippen LogP contribution is 2.19. The quantitative estimate of drug-likeness (QED) is 0.468. The van der Waals surface area contributed by atoms with Crippen LogP contribution in [0.15, 0.2) is 56.6 Å². The Labute approximate surface area is 187 Å². The molecule has 1 fully saturated rings. The first-order valence-corrected chi connectivity index (χ1v) is 10.9. The van der Waals surface area contributed by atoms with Gasteiger partial charge in [-0.05, 0) is 36.2 Å². The third-order valence-corrected chi connectivity index (χ3v) is 5.38. The largest absolute Gasteiger partial charge is 0.459 e. The Balaban J connectivity index is 1.32. The van der Waals surface area contributed by atoms with E-state index in [1.807, 2.05) is 29.2 Å². The number of aromatic nitrogens is 2. The van der Waals surface area contributed by atoms with Gasteiger partial charge in [-0.1, -0.05) is 24.2 Å². The van der Waals surface area contributed by atoms with Crippen molar-refractivity contribution in [3.8, 4) is 11.5 Å². The number of aryl methyl sites for hydroxylation is 1. The van der Waals surface area contributed by atoms with Gasteiger partial charge in [0, 0.05) is 51.8 Å². The SMILES string of the molecule is CCCc1noc(-c2cccc(CNC(=NC)N3CCN(C(=O)c4ccco4)CC3)c2)n1. The number of hydrogen-bond donors (Lipinski definition) is 1. The molecular formula is C23H28N6O3. The van der Waals surface area contributed by atoms with Gasteiger partial charge in [0.15, 0.2) is 17.5 Å². The highest BCUT2D eigenvalue weighted by molar-refractivity contribution is 5.91. The second-order valence-corrected chi connectivity index (χ2v) is 7.62. The van der Waals surface area contributed by atoms with Crippen molar-refractivity contribution in [1.29, 1.82) is 0 Å². The van der Waals surface area contributed by atoms with Crippen LogP contribution < -0.4 is 5.32 Å². The van der Waals surface area contributed by atoms with Crippen LogP contribution in [-0.4, -0.2) is 65.0 Å². The fourth-order valence-electron chi connectivity index (χ4n) is 3.70. The minimum atomic E-state index is -0.0717. The Hall–Kier alpha value is -3.62. The molecule has 3 heterocycles. The predicted molar refractivity (Wildman–Crippen MR) is 120 cm³/mol. The molecule has 9 heteroatoms. The number of carbonyl (C=O) groups excluding carboxylic acids is 1. The van der Waals surface area contributed by atoms with Gasteiger partial charge in [0.05, 0.1) is 6.26 Å². The number of aliphatic imine (C=N–C) groups is 1. The van der Waals surface area contributed by atoms with Gasteiger partial charge in [0.1, 0.15) is 0 Å². The molecule has 1 amide bonds. The molecule has 0 spiro atoms. The van der Waals surface area contributed by atoms with Crippen LogP contribution in [0.3, 0.4) is 0 Å². The van der Waals surface area contributed by atoms with Crippen LogP contribution in [0.5, 0.6) is 0 Å². The van der Waals surface area contributed by atoms with E-state index in [9.17, 15) is 4.79 Å². The molecule has 1 saturated heterocycles. The van der Waals surface area contributed by atoms with Gasteiger partial charge in [-0.2, -0.15) is 4.98 Å². The van der Waals surface area contributed by atoms with E-state index < -0.39 is 0 Å². The van der Waals surface area contributed by atoms with Crippen LogP contribution in [0.2, 0.25) is 0 Å². The van der Waals surface area contributed by atoms with Gasteiger partial charge in [-0.15, -0.1) is 0 Å². The van der Waals surface area contributed by atoms with Crippen molar-refractivity contribution < 1.29 is 13.7 Å². The lowest BCUT2D eigenvalue weighted by molar-refractivity contribution is 0.0657. The normalized spacial score (nSPS) is 14.6. The fraction of sp³-hybridized carbons (Fsp3) is 0.391. The van der Waals surface area contributed by atoms with Crippen molar-refractivity contribution in [3.63, 3.8) is 0 Å². The molecule has 0 radical (unpaired) electrons. The maximum absolute atomic E-state index is 12.5. The number of nitrogens with one attached hydrogen (secondary N) is 1. The molecule has 32 heavy (non-hydrogen) atoms. The summed E-state index contributed by atoms with van der Waals surface area (Å²) >= 11 is 0. The van der Waals surface area contributed by atoms with E-state index in [1.165, 1.54) is 6.26 Å². The lowest BCUT2D eigenvalue weighted by Crippen LogP contribution is -2.53. The summed E-state index contributed by atoms with van der Waals surface area (Å²) in [6, 6.07) is 11.5. The molecule has 1 aromatic carbocycles. The fourth-order valence-corrected chi connectivity index (χ4v) is 3.70. The smallest absolute Gasteiger partial charge is 0.289 e. The van der Waals surface area contributed by atoms with Gasteiger partial charge >= 0.3 is 0 Å². The first-order chi connectivity index (χ1) is 15.7. The van der Waals surface area contributed by atoms with Crippen LogP contribution in [0, 0.1) is 0 Å². The number of amides is 1. The van der Waals surface area contributed by atoms with E-state index in [4.69, 9.17) is 8.94 Å². The second-order valence-electron chi connectivity index (χ2n) is 7.62. The Kier molecular flexibility index (Phi) is 6.84. The number of piperazine rings is 1. The Bertz CT molecular complexity index is 1050. The number of hydrogen-bond acceptors (Lipinski definition) is 6. The Morgan fingerprint density at radius 1 is 1.16 bits per heavy atom. The summed E-state index contributed by atoms with van der Waals surface area (Å²) < 4.78 is 10.6. The topological polar surface area (TPSA) is 100 Å². The Morgan fingerprint density at radius 2 is 1.97 bits per heavy atom. The molecule has 0 saturated carbocycles. The number of carbonyl (C=O) groups is 1. The zero-order valence-electron chi connectivity index (χ0n) is 18.5. The molecule has 1 N–H and O–H groups in total. The van der Waals surface area contributed by atoms with Crippen LogP contribution in [0.1, 0.15) is 35.3 Å². The maximum Gasteiger partial charge on any atom is 0.289 e. The first kappa shape index (κ1) is 21.6. The highest BCUT2D eigenvalue weighted by Gasteiger charge is 2.25. The zero-order valence-corrected chi connectivity index (χ0v) is 18.5. The molecular weight excluding hydrogens is 408 g/mol. The first-order valence-electron chi connectivity index (χ1n) is 10.9. The summed E-state index contributed by atoms with van der Waals surface area (Å²) in [4.78, 5) is 25.3. The van der Waals surface area contributed by atoms with Crippen molar-refractivity contribution in [2.45, 2.75) is 26.3 Å². The van der Waals surface area contributed by atoms with Crippen LogP contribution in [0.25, 0.3) is 11.5 Å². The molecule has 9 nitrogen and oxygen atoms in total. The number of benzene rings is 1. The molecule has 4 rings (SSSR count). The van der Waals surface area contributed by atoms with E-state index in [0.29, 0.717) is 44.4 Å². The third-order valence-electron chi connectivity index (χ3n) is 5.38. The van der Waals surface area contributed by atoms with Crippen molar-refractivity contribution in [2.24, 2.45) is 4.99 Å². The van der Waals surface area contributed by atoms with Crippen molar-refractivity contribution in [1.82, 2.24) is 25.3 Å². The molecule has 2 aromatic heterocycles. The van der Waals surface area contributed by atoms with Crippen LogP contribution >= 0.6 is 0 Å². The van der Waals surface area contributed by atoms with E-state index in [1.54, 1.807) is 19.2 Å². The number of guanidine groups is 1. The summed E-state index contributed by atoms with van der Waals surface area (Å²) in [6.07, 6.45) is 3.31. The summed E-state index contributed by atoms with van der Waals surface area (Å²) in [5.41, 5.74) is 1.99. The number of nitrogens with zero attached hydrogens (tertiary/aromatic N) is 5. The molecule has 0 bridgehead atoms. The summed E-state index contributed by atoms with van der Waals surface area (Å²) in [5.74, 6) is 2.39. The van der Waals surface area contributed by atoms with E-state index >= 15 is 0 Å². The molecule has 1 aliphatic rings. The molecule has 1 aliphatic heterocycles. The maximum atomic E-state index is 12.5. The predicted octanol–water partition coefficient (Wildman–Crippen LogP) is 2.82. The molecule has 168 valence electrons. The molecule has 0 atom stereocenters. The van der Waals surface area contributed by atoms with E-state index in [2.05, 4.69) is 32.3 Å². The van der Waals surface area contributed by atoms with E-state index in [-0.39, 0.29) is 5.91 Å². The van der Waals surface area contributed by atoms with Gasteiger partial charge < -0.3 is 24.1 Å². The Morgan fingerprint density at radius 3 is 2.69 bits per heavy atom. The molecule has 3 aromatic rings. The van der Waals surface area contributed by atoms with Gasteiger partial charge in [-0.25, -0.2) is 0 Å². The number of rotatable bonds is 6. The third kappa shape index (κ3) is 4.99. The minimum Gasteiger partial charge on any atom is -0.459 e. The van der Waals surface area contributed by atoms with Gasteiger partial charge in [0.25, 0.3) is 11.8 Å². The van der Waals surface area contributed by atoms with Crippen LogP contribution in [-0.2, 0) is 13.0 Å². The monoisotopic (exact) mass is 436 g/mol. The zero-order chi connectivity index (χ0) is 22.3. The lowest BCUT2D eigenvalue weighted by atomic mass is 10.1. The lowest BCUT2D eigenvalue weighted by Gasteiger charge is -2.36. The standard InChI is InChI=1S/C23H28N6O3/c1-3-6-20-26-21(32-27-20)18-8-4-7-17(15-18)16-25-23(24-2)29-12-10-28(11-13-29)22(30)19-9-5-14-31-19/h4-5,7-9,14-15H,3,6,10-13,16H2,1-2H3,(H,24,25). The summed E-state index contributed by atoms with van der Waals surface area (Å²) in [5, 5.41) is 7.45. The highest BCUT2D eigenvalue weighted by atomic mass is 16.5. The van der Waals surface area contributed by atoms with Crippen molar-refractivity contribution in [2.75, 3.05) is 33.2 Å². The van der Waals surface area contributed by atoms with Crippen molar-refractivity contribution >= 4 is 11.9 Å². The van der Waals surface area contributed by atoms with Gasteiger partial charge in [0.2, 0.25) is 0 Å². The summed E-state index contributed by atoms with van der Waals surface area (Å²) in [7, 11) is 1.77. The molecule has 0 aliphatic carbocycles. The van der Waals surface area contributed by atoms with Gasteiger partial charge in [-0.3, -0.25) is 9.79 Å². The average molecular weight is 437 g/mol. The number of furan rings is 1. The second kappa shape index (κ2) is 10.1. The van der Waals surface area contributed by atoms with E-state index in [0.717, 1.165) is 35.8 Å². The average Bonchev–Trinajstić information content (AvgIpc) is 3.53.